The number of carbonyl (C=O) groups is 2. The Kier molecular flexibility index (Phi) is 4.28. The summed E-state index contributed by atoms with van der Waals surface area (Å²) in [6.45, 7) is 0. The van der Waals surface area contributed by atoms with Crippen LogP contribution in [0.5, 0.6) is 0 Å². The van der Waals surface area contributed by atoms with Crippen molar-refractivity contribution in [2.24, 2.45) is 0 Å². The molecular weight excluding hydrogens is 196 g/mol. The molecule has 0 fully saturated rings. The molecule has 0 aliphatic carbocycles. The van der Waals surface area contributed by atoms with Gasteiger partial charge in [0.2, 0.25) is 5.91 Å². The standard InChI is InChI=1S/C10H12N2O3/c13-9(5-3-6-10(14)15)12-8-4-1-2-7-11-8/h1-2,4,7H,3,5-6H2,(H,14,15)(H,11,12,13). The minimum atomic E-state index is -0.888. The largest absolute Gasteiger partial charge is 0.481 e. The number of rotatable bonds is 5. The zero-order valence-corrected chi connectivity index (χ0v) is 8.14. The van der Waals surface area contributed by atoms with Gasteiger partial charge < -0.3 is 10.4 Å². The molecule has 0 atom stereocenters. The summed E-state index contributed by atoms with van der Waals surface area (Å²) >= 11 is 0. The molecule has 0 aliphatic rings. The first-order valence-corrected chi connectivity index (χ1v) is 4.61. The summed E-state index contributed by atoms with van der Waals surface area (Å²) in [7, 11) is 0. The van der Waals surface area contributed by atoms with Gasteiger partial charge in [0.15, 0.2) is 0 Å². The molecule has 5 nitrogen and oxygen atoms in total. The van der Waals surface area contributed by atoms with Gasteiger partial charge in [-0.1, -0.05) is 6.07 Å². The molecule has 1 aromatic rings. The Morgan fingerprint density at radius 3 is 2.73 bits per heavy atom. The van der Waals surface area contributed by atoms with E-state index < -0.39 is 5.97 Å². The van der Waals surface area contributed by atoms with Crippen LogP contribution in [-0.2, 0) is 9.59 Å². The van der Waals surface area contributed by atoms with E-state index in [0.717, 1.165) is 0 Å². The second-order valence-electron chi connectivity index (χ2n) is 3.01. The fraction of sp³-hybridized carbons (Fsp3) is 0.300. The highest BCUT2D eigenvalue weighted by atomic mass is 16.4. The van der Waals surface area contributed by atoms with Crippen LogP contribution in [0.3, 0.4) is 0 Å². The highest BCUT2D eigenvalue weighted by molar-refractivity contribution is 5.89. The highest BCUT2D eigenvalue weighted by Crippen LogP contribution is 2.02. The van der Waals surface area contributed by atoms with Crippen molar-refractivity contribution in [2.45, 2.75) is 19.3 Å². The third kappa shape index (κ3) is 4.75. The maximum Gasteiger partial charge on any atom is 0.303 e. The summed E-state index contributed by atoms with van der Waals surface area (Å²) in [4.78, 5) is 25.4. The molecular formula is C10H12N2O3. The number of nitrogens with one attached hydrogen (secondary N) is 1. The number of carboxylic acids is 1. The van der Waals surface area contributed by atoms with Crippen LogP contribution in [0.2, 0.25) is 0 Å². The summed E-state index contributed by atoms with van der Waals surface area (Å²) in [5.74, 6) is -0.617. The van der Waals surface area contributed by atoms with E-state index in [0.29, 0.717) is 12.2 Å². The molecule has 15 heavy (non-hydrogen) atoms. The molecule has 1 rings (SSSR count). The third-order valence-electron chi connectivity index (χ3n) is 1.73. The SMILES string of the molecule is O=C(O)CCCC(=O)Nc1ccccn1. The number of carboxylic acid groups (broad SMARTS) is 1. The Hall–Kier alpha value is -1.91. The van der Waals surface area contributed by atoms with Crippen molar-refractivity contribution in [1.29, 1.82) is 0 Å². The van der Waals surface area contributed by atoms with Crippen LogP contribution in [0.25, 0.3) is 0 Å². The van der Waals surface area contributed by atoms with Crippen LogP contribution in [0, 0.1) is 0 Å². The molecule has 1 amide bonds. The molecule has 0 radical (unpaired) electrons. The molecule has 1 heterocycles. The lowest BCUT2D eigenvalue weighted by molar-refractivity contribution is -0.137. The smallest absolute Gasteiger partial charge is 0.303 e. The summed E-state index contributed by atoms with van der Waals surface area (Å²) < 4.78 is 0. The van der Waals surface area contributed by atoms with E-state index in [1.807, 2.05) is 0 Å². The predicted octanol–water partition coefficient (Wildman–Crippen LogP) is 1.27. The number of amides is 1. The van der Waals surface area contributed by atoms with E-state index in [-0.39, 0.29) is 18.7 Å². The predicted molar refractivity (Wildman–Crippen MR) is 54.4 cm³/mol. The van der Waals surface area contributed by atoms with Gasteiger partial charge in [0.25, 0.3) is 0 Å². The zero-order valence-electron chi connectivity index (χ0n) is 8.14. The number of nitrogens with zero attached hydrogens (tertiary/aromatic N) is 1. The molecule has 80 valence electrons. The molecule has 1 aromatic heterocycles. The molecule has 0 saturated carbocycles. The Morgan fingerprint density at radius 2 is 2.13 bits per heavy atom. The van der Waals surface area contributed by atoms with Crippen LogP contribution < -0.4 is 5.32 Å². The van der Waals surface area contributed by atoms with Crippen LogP contribution in [0.1, 0.15) is 19.3 Å². The van der Waals surface area contributed by atoms with Crippen LogP contribution in [0.15, 0.2) is 24.4 Å². The van der Waals surface area contributed by atoms with Crippen molar-refractivity contribution in [2.75, 3.05) is 5.32 Å². The maximum atomic E-state index is 11.2. The van der Waals surface area contributed by atoms with Gasteiger partial charge in [-0.05, 0) is 18.6 Å². The van der Waals surface area contributed by atoms with Crippen LogP contribution in [-0.4, -0.2) is 22.0 Å². The second-order valence-corrected chi connectivity index (χ2v) is 3.01. The Morgan fingerprint density at radius 1 is 1.33 bits per heavy atom. The van der Waals surface area contributed by atoms with E-state index in [1.165, 1.54) is 0 Å². The van der Waals surface area contributed by atoms with Crippen molar-refractivity contribution in [3.8, 4) is 0 Å². The zero-order chi connectivity index (χ0) is 11.1. The van der Waals surface area contributed by atoms with Crippen molar-refractivity contribution < 1.29 is 14.7 Å². The maximum absolute atomic E-state index is 11.2. The van der Waals surface area contributed by atoms with E-state index in [4.69, 9.17) is 5.11 Å². The average molecular weight is 208 g/mol. The summed E-state index contributed by atoms with van der Waals surface area (Å²) in [5, 5.41) is 10.9. The minimum absolute atomic E-state index is 0.00956. The summed E-state index contributed by atoms with van der Waals surface area (Å²) in [6, 6.07) is 5.19. The Bertz CT molecular complexity index is 338. The molecule has 5 heteroatoms. The van der Waals surface area contributed by atoms with Crippen molar-refractivity contribution in [3.05, 3.63) is 24.4 Å². The van der Waals surface area contributed by atoms with Gasteiger partial charge in [0.1, 0.15) is 5.82 Å². The number of hydrogen-bond donors (Lipinski definition) is 2. The number of hydrogen-bond acceptors (Lipinski definition) is 3. The fourth-order valence-corrected chi connectivity index (χ4v) is 1.04. The van der Waals surface area contributed by atoms with E-state index in [9.17, 15) is 9.59 Å². The van der Waals surface area contributed by atoms with Crippen molar-refractivity contribution in [3.63, 3.8) is 0 Å². The van der Waals surface area contributed by atoms with Gasteiger partial charge >= 0.3 is 5.97 Å². The first-order valence-electron chi connectivity index (χ1n) is 4.61. The van der Waals surface area contributed by atoms with Gasteiger partial charge in [-0.2, -0.15) is 0 Å². The van der Waals surface area contributed by atoms with Crippen molar-refractivity contribution in [1.82, 2.24) is 4.98 Å². The summed E-state index contributed by atoms with van der Waals surface area (Å²) in [6.07, 6.45) is 2.12. The van der Waals surface area contributed by atoms with E-state index in [1.54, 1.807) is 24.4 Å². The lowest BCUT2D eigenvalue weighted by atomic mass is 10.2. The lowest BCUT2D eigenvalue weighted by Crippen LogP contribution is -2.12. The van der Waals surface area contributed by atoms with Gasteiger partial charge in [-0.15, -0.1) is 0 Å². The normalized spacial score (nSPS) is 9.60. The molecule has 0 unspecified atom stereocenters. The molecule has 2 N–H and O–H groups in total. The molecule has 0 aliphatic heterocycles. The van der Waals surface area contributed by atoms with Crippen molar-refractivity contribution >= 4 is 17.7 Å². The van der Waals surface area contributed by atoms with E-state index >= 15 is 0 Å². The minimum Gasteiger partial charge on any atom is -0.481 e. The number of anilines is 1. The number of carbonyl (C=O) groups excluding carboxylic acids is 1. The Balaban J connectivity index is 2.28. The number of aliphatic carboxylic acids is 1. The van der Waals surface area contributed by atoms with Gasteiger partial charge in [0.05, 0.1) is 0 Å². The summed E-state index contributed by atoms with van der Waals surface area (Å²) in [5.41, 5.74) is 0. The molecule has 0 bridgehead atoms. The molecule has 0 spiro atoms. The van der Waals surface area contributed by atoms with E-state index in [2.05, 4.69) is 10.3 Å². The number of pyridine rings is 1. The fourth-order valence-electron chi connectivity index (χ4n) is 1.04. The highest BCUT2D eigenvalue weighted by Gasteiger charge is 2.04. The quantitative estimate of drug-likeness (QED) is 0.763. The second kappa shape index (κ2) is 5.74. The topological polar surface area (TPSA) is 79.3 Å². The average Bonchev–Trinajstić information content (AvgIpc) is 2.18. The van der Waals surface area contributed by atoms with Crippen LogP contribution >= 0.6 is 0 Å². The first kappa shape index (κ1) is 11.2. The monoisotopic (exact) mass is 208 g/mol. The van der Waals surface area contributed by atoms with Gasteiger partial charge in [0, 0.05) is 19.0 Å². The number of aromatic nitrogens is 1. The lowest BCUT2D eigenvalue weighted by Gasteiger charge is -2.02. The molecule has 0 aromatic carbocycles. The molecule has 0 saturated heterocycles. The first-order chi connectivity index (χ1) is 7.18. The third-order valence-corrected chi connectivity index (χ3v) is 1.73. The van der Waals surface area contributed by atoms with Gasteiger partial charge in [-0.25, -0.2) is 4.98 Å². The van der Waals surface area contributed by atoms with Gasteiger partial charge in [-0.3, -0.25) is 9.59 Å². The Labute approximate surface area is 87.1 Å². The van der Waals surface area contributed by atoms with Crippen LogP contribution in [0.4, 0.5) is 5.82 Å².